The average Bonchev–Trinajstić information content (AvgIpc) is 3.21. The van der Waals surface area contributed by atoms with E-state index in [1.54, 1.807) is 13.8 Å². The maximum atomic E-state index is 13.5. The molecule has 0 unspecified atom stereocenters. The fourth-order valence-corrected chi connectivity index (χ4v) is 5.63. The Morgan fingerprint density at radius 2 is 0.973 bits per heavy atom. The molecule has 0 aliphatic carbocycles. The molecule has 0 N–H and O–H groups in total. The van der Waals surface area contributed by atoms with E-state index in [2.05, 4.69) is 4.99 Å². The van der Waals surface area contributed by atoms with Crippen molar-refractivity contribution < 1.29 is 57.4 Å². The van der Waals surface area contributed by atoms with Crippen LogP contribution in [-0.2, 0) is 29.4 Å². The van der Waals surface area contributed by atoms with Crippen LogP contribution in [0.1, 0.15) is 36.1 Å². The number of hydrogen-bond donors (Lipinski definition) is 0. The predicted octanol–water partition coefficient (Wildman–Crippen LogP) is 7.61. The van der Waals surface area contributed by atoms with E-state index < -0.39 is 77.2 Å². The van der Waals surface area contributed by atoms with Crippen LogP contribution >= 0.6 is 7.92 Å². The lowest BCUT2D eigenvalue weighted by atomic mass is 10.1. The minimum atomic E-state index is -5.30. The van der Waals surface area contributed by atoms with E-state index in [9.17, 15) is 52.7 Å². The Hall–Kier alpha value is -2.50. The highest BCUT2D eigenvalue weighted by Crippen LogP contribution is 2.45. The van der Waals surface area contributed by atoms with Gasteiger partial charge in [-0.2, -0.15) is 52.7 Å². The van der Waals surface area contributed by atoms with E-state index in [1.807, 2.05) is 0 Å². The van der Waals surface area contributed by atoms with E-state index >= 15 is 0 Å². The van der Waals surface area contributed by atoms with Crippen molar-refractivity contribution in [2.75, 3.05) is 6.61 Å². The smallest absolute Gasteiger partial charge is 0.416 e. The van der Waals surface area contributed by atoms with Gasteiger partial charge in [0.1, 0.15) is 6.61 Å². The highest BCUT2D eigenvalue weighted by Gasteiger charge is 2.42. The second-order valence-corrected chi connectivity index (χ2v) is 10.5. The van der Waals surface area contributed by atoms with Gasteiger partial charge < -0.3 is 4.74 Å². The van der Waals surface area contributed by atoms with E-state index in [1.165, 1.54) is 0 Å². The van der Waals surface area contributed by atoms with Gasteiger partial charge in [0, 0.05) is 7.92 Å². The van der Waals surface area contributed by atoms with Gasteiger partial charge in [-0.1, -0.05) is 13.8 Å². The third-order valence-corrected chi connectivity index (χ3v) is 7.46. The van der Waals surface area contributed by atoms with Gasteiger partial charge in [-0.15, -0.1) is 0 Å². The van der Waals surface area contributed by atoms with Gasteiger partial charge in [0.2, 0.25) is 5.64 Å². The molecule has 15 heteroatoms. The average molecular weight is 569 g/mol. The molecule has 0 amide bonds. The normalized spacial score (nSPS) is 17.4. The summed E-state index contributed by atoms with van der Waals surface area (Å²) >= 11 is 0. The Morgan fingerprint density at radius 1 is 0.649 bits per heavy atom. The van der Waals surface area contributed by atoms with Crippen LogP contribution in [0.25, 0.3) is 0 Å². The van der Waals surface area contributed by atoms with Crippen LogP contribution in [0.4, 0.5) is 52.7 Å². The van der Waals surface area contributed by atoms with Gasteiger partial charge >= 0.3 is 24.7 Å². The lowest BCUT2D eigenvalue weighted by Gasteiger charge is -2.23. The summed E-state index contributed by atoms with van der Waals surface area (Å²) in [7, 11) is -2.93. The van der Waals surface area contributed by atoms with Gasteiger partial charge in [0.15, 0.2) is 0 Å². The molecule has 0 saturated heterocycles. The molecule has 2 aromatic carbocycles. The quantitative estimate of drug-likeness (QED) is 0.275. The molecule has 2 aromatic rings. The first-order valence-corrected chi connectivity index (χ1v) is 11.6. The van der Waals surface area contributed by atoms with Gasteiger partial charge in [-0.3, -0.25) is 0 Å². The summed E-state index contributed by atoms with van der Waals surface area (Å²) in [5.41, 5.74) is -7.67. The molecule has 0 spiro atoms. The zero-order valence-electron chi connectivity index (χ0n) is 18.7. The number of rotatable bonds is 4. The Bertz CT molecular complexity index is 1040. The number of alkyl halides is 12. The summed E-state index contributed by atoms with van der Waals surface area (Å²) in [6.45, 7) is 3.10. The Kier molecular flexibility index (Phi) is 7.59. The highest BCUT2D eigenvalue weighted by atomic mass is 31.1. The lowest BCUT2D eigenvalue weighted by Crippen LogP contribution is -2.25. The van der Waals surface area contributed by atoms with Gasteiger partial charge in [-0.25, -0.2) is 4.99 Å². The Morgan fingerprint density at radius 3 is 1.22 bits per heavy atom. The van der Waals surface area contributed by atoms with E-state index in [-0.39, 0.29) is 48.9 Å². The molecule has 0 aromatic heterocycles. The Labute approximate surface area is 203 Å². The SMILES string of the molecule is CC(C)[C@H]1COC(P(c2cc(C(F)(F)F)cc(C(F)(F)F)c2)c2cc(C(F)(F)F)cc(C(F)(F)F)c2)=N1. The van der Waals surface area contributed by atoms with Crippen LogP contribution in [-0.4, -0.2) is 18.3 Å². The first-order chi connectivity index (χ1) is 16.7. The molecule has 1 aliphatic heterocycles. The lowest BCUT2D eigenvalue weighted by molar-refractivity contribution is -0.144. The number of aliphatic imine (C=N–C) groups is 1. The fraction of sp³-hybridized carbons (Fsp3) is 0.409. The Balaban J connectivity index is 2.38. The molecular weight excluding hydrogens is 553 g/mol. The van der Waals surface area contributed by atoms with Crippen molar-refractivity contribution in [2.45, 2.75) is 44.6 Å². The van der Waals surface area contributed by atoms with Gasteiger partial charge in [0.25, 0.3) is 0 Å². The van der Waals surface area contributed by atoms with Crippen LogP contribution in [0.5, 0.6) is 0 Å². The summed E-state index contributed by atoms with van der Waals surface area (Å²) in [6.07, 6.45) is -21.2. The zero-order chi connectivity index (χ0) is 28.1. The highest BCUT2D eigenvalue weighted by molar-refractivity contribution is 7.87. The van der Waals surface area contributed by atoms with Crippen LogP contribution in [0, 0.1) is 5.92 Å². The third-order valence-electron chi connectivity index (χ3n) is 5.28. The molecule has 0 radical (unpaired) electrons. The molecule has 3 rings (SSSR count). The molecule has 1 atom stereocenters. The topological polar surface area (TPSA) is 21.6 Å². The van der Waals surface area contributed by atoms with Crippen molar-refractivity contribution in [1.29, 1.82) is 0 Å². The minimum absolute atomic E-state index is 0.196. The number of ether oxygens (including phenoxy) is 1. The first kappa shape index (κ1) is 29.1. The maximum Gasteiger partial charge on any atom is 0.416 e. The molecule has 1 aliphatic rings. The third kappa shape index (κ3) is 6.69. The van der Waals surface area contributed by atoms with Crippen LogP contribution < -0.4 is 10.6 Å². The molecule has 0 saturated carbocycles. The molecule has 37 heavy (non-hydrogen) atoms. The predicted molar refractivity (Wildman–Crippen MR) is 111 cm³/mol. The minimum Gasteiger partial charge on any atom is -0.475 e. The van der Waals surface area contributed by atoms with Gasteiger partial charge in [-0.05, 0) is 52.9 Å². The van der Waals surface area contributed by atoms with E-state index in [0.29, 0.717) is 0 Å². The standard InChI is InChI=1S/C22H16F12NOP/c1-10(2)17-9-36-18(35-17)37(15-5-11(19(23,24)25)3-12(6-15)20(26,27)28)16-7-13(21(29,30)31)4-14(8-16)22(32,33)34/h3-8,10,17H,9H2,1-2H3/t17-/m1/s1. The van der Waals surface area contributed by atoms with Crippen molar-refractivity contribution >= 4 is 24.2 Å². The summed E-state index contributed by atoms with van der Waals surface area (Å²) in [6, 6.07) is -0.0457. The van der Waals surface area contributed by atoms with Crippen molar-refractivity contribution in [2.24, 2.45) is 10.9 Å². The zero-order valence-corrected chi connectivity index (χ0v) is 19.6. The number of nitrogens with zero attached hydrogens (tertiary/aromatic N) is 1. The van der Waals surface area contributed by atoms with E-state index in [4.69, 9.17) is 4.74 Å². The summed E-state index contributed by atoms with van der Waals surface area (Å²) in [5, 5.41) is -1.65. The van der Waals surface area contributed by atoms with Crippen molar-refractivity contribution in [1.82, 2.24) is 0 Å². The number of benzene rings is 2. The fourth-order valence-electron chi connectivity index (χ4n) is 3.35. The first-order valence-electron chi connectivity index (χ1n) is 10.3. The second-order valence-electron chi connectivity index (χ2n) is 8.40. The number of halogens is 12. The molecule has 2 nitrogen and oxygen atoms in total. The largest absolute Gasteiger partial charge is 0.475 e. The maximum absolute atomic E-state index is 13.5. The molecule has 0 bridgehead atoms. The summed E-state index contributed by atoms with van der Waals surface area (Å²) in [5.74, 6) is -0.256. The summed E-state index contributed by atoms with van der Waals surface area (Å²) in [4.78, 5) is 4.11. The van der Waals surface area contributed by atoms with Crippen molar-refractivity contribution in [3.63, 3.8) is 0 Å². The second kappa shape index (κ2) is 9.67. The van der Waals surface area contributed by atoms with Crippen LogP contribution in [0.15, 0.2) is 41.4 Å². The molecule has 204 valence electrons. The molecular formula is C22H16F12NOP. The molecule has 0 fully saturated rings. The molecule has 1 heterocycles. The van der Waals surface area contributed by atoms with Crippen molar-refractivity contribution in [3.05, 3.63) is 58.7 Å². The van der Waals surface area contributed by atoms with Gasteiger partial charge in [0.05, 0.1) is 28.3 Å². The number of hydrogen-bond acceptors (Lipinski definition) is 2. The summed E-state index contributed by atoms with van der Waals surface area (Å²) < 4.78 is 167. The van der Waals surface area contributed by atoms with Crippen molar-refractivity contribution in [3.8, 4) is 0 Å². The van der Waals surface area contributed by atoms with Crippen LogP contribution in [0.3, 0.4) is 0 Å². The van der Waals surface area contributed by atoms with Crippen LogP contribution in [0.2, 0.25) is 0 Å². The monoisotopic (exact) mass is 569 g/mol. The van der Waals surface area contributed by atoms with E-state index in [0.717, 1.165) is 0 Å².